The molecule has 1 aliphatic rings. The van der Waals surface area contributed by atoms with Crippen LogP contribution in [0.2, 0.25) is 0 Å². The van der Waals surface area contributed by atoms with Gasteiger partial charge in [-0.2, -0.15) is 13.2 Å². The predicted octanol–water partition coefficient (Wildman–Crippen LogP) is 2.42. The average molecular weight is 419 g/mol. The Hall–Kier alpha value is -3.80. The molecule has 1 aromatic carbocycles. The van der Waals surface area contributed by atoms with E-state index >= 15 is 0 Å². The summed E-state index contributed by atoms with van der Waals surface area (Å²) < 4.78 is 44.2. The van der Waals surface area contributed by atoms with Crippen molar-refractivity contribution >= 4 is 11.8 Å². The summed E-state index contributed by atoms with van der Waals surface area (Å²) in [6, 6.07) is 6.29. The van der Waals surface area contributed by atoms with Crippen LogP contribution < -0.4 is 4.74 Å². The lowest BCUT2D eigenvalue weighted by atomic mass is 10.1. The van der Waals surface area contributed by atoms with Gasteiger partial charge in [-0.3, -0.25) is 14.4 Å². The van der Waals surface area contributed by atoms with Crippen molar-refractivity contribution in [1.82, 2.24) is 24.8 Å². The van der Waals surface area contributed by atoms with E-state index in [2.05, 4.69) is 15.1 Å². The van der Waals surface area contributed by atoms with E-state index in [9.17, 15) is 22.8 Å². The van der Waals surface area contributed by atoms with E-state index in [0.717, 1.165) is 10.9 Å². The van der Waals surface area contributed by atoms with Crippen LogP contribution in [-0.2, 0) is 17.6 Å². The fourth-order valence-corrected chi connectivity index (χ4v) is 2.79. The van der Waals surface area contributed by atoms with Crippen molar-refractivity contribution in [3.05, 3.63) is 65.2 Å². The molecule has 0 saturated heterocycles. The zero-order valence-electron chi connectivity index (χ0n) is 15.3. The molecular formula is C18H12F3N5O4. The zero-order valence-corrected chi connectivity index (χ0v) is 15.3. The van der Waals surface area contributed by atoms with Crippen LogP contribution in [0.5, 0.6) is 5.88 Å². The molecule has 9 nitrogen and oxygen atoms in total. The van der Waals surface area contributed by atoms with E-state index in [1.54, 1.807) is 12.1 Å². The van der Waals surface area contributed by atoms with Crippen molar-refractivity contribution in [2.24, 2.45) is 0 Å². The molecule has 0 N–H and O–H groups in total. The van der Waals surface area contributed by atoms with Gasteiger partial charge < -0.3 is 4.74 Å². The van der Waals surface area contributed by atoms with Gasteiger partial charge in [0.1, 0.15) is 6.61 Å². The number of fused-ring (bicyclic) bond motifs is 1. The third-order valence-corrected chi connectivity index (χ3v) is 4.21. The maximum absolute atomic E-state index is 12.6. The molecular weight excluding hydrogens is 407 g/mol. The van der Waals surface area contributed by atoms with E-state index in [1.165, 1.54) is 25.4 Å². The number of imide groups is 1. The van der Waals surface area contributed by atoms with Gasteiger partial charge in [0.2, 0.25) is 5.88 Å². The molecule has 3 aromatic rings. The SMILES string of the molecule is COc1nn(-c2cnc(C(F)(F)F)cn2)cc1CON1C(=O)c2ccccc2C1=O. The van der Waals surface area contributed by atoms with Gasteiger partial charge in [0.05, 0.1) is 36.2 Å². The maximum atomic E-state index is 12.6. The number of aromatic nitrogens is 4. The predicted molar refractivity (Wildman–Crippen MR) is 92.4 cm³/mol. The summed E-state index contributed by atoms with van der Waals surface area (Å²) in [7, 11) is 1.33. The molecule has 30 heavy (non-hydrogen) atoms. The lowest BCUT2D eigenvalue weighted by molar-refractivity contribution is -0.141. The van der Waals surface area contributed by atoms with E-state index in [0.29, 0.717) is 16.8 Å². The number of nitrogens with zero attached hydrogens (tertiary/aromatic N) is 5. The molecule has 12 heteroatoms. The third kappa shape index (κ3) is 3.37. The molecule has 2 amide bonds. The van der Waals surface area contributed by atoms with Gasteiger partial charge in [0.15, 0.2) is 11.5 Å². The Morgan fingerprint density at radius 3 is 2.23 bits per heavy atom. The quantitative estimate of drug-likeness (QED) is 0.586. The van der Waals surface area contributed by atoms with Crippen LogP contribution in [0.1, 0.15) is 32.0 Å². The number of amides is 2. The molecule has 0 unspecified atom stereocenters. The first-order valence-electron chi connectivity index (χ1n) is 8.42. The number of hydrogen-bond acceptors (Lipinski definition) is 7. The number of benzene rings is 1. The van der Waals surface area contributed by atoms with Crippen LogP contribution in [0.25, 0.3) is 5.82 Å². The fraction of sp³-hybridized carbons (Fsp3) is 0.167. The van der Waals surface area contributed by atoms with E-state index in [-0.39, 0.29) is 29.4 Å². The Morgan fingerprint density at radius 1 is 1.03 bits per heavy atom. The second-order valence-corrected chi connectivity index (χ2v) is 6.09. The molecule has 154 valence electrons. The number of carbonyl (C=O) groups is 2. The van der Waals surface area contributed by atoms with Gasteiger partial charge in [-0.15, -0.1) is 10.2 Å². The highest BCUT2D eigenvalue weighted by Crippen LogP contribution is 2.28. The highest BCUT2D eigenvalue weighted by molar-refractivity contribution is 6.20. The summed E-state index contributed by atoms with van der Waals surface area (Å²) in [5.41, 5.74) is -0.356. The van der Waals surface area contributed by atoms with Crippen LogP contribution in [0, 0.1) is 0 Å². The van der Waals surface area contributed by atoms with Crippen LogP contribution >= 0.6 is 0 Å². The van der Waals surface area contributed by atoms with Crippen molar-refractivity contribution in [2.75, 3.05) is 7.11 Å². The lowest BCUT2D eigenvalue weighted by Gasteiger charge is -2.12. The lowest BCUT2D eigenvalue weighted by Crippen LogP contribution is -2.29. The van der Waals surface area contributed by atoms with Gasteiger partial charge in [0.25, 0.3) is 11.8 Å². The second-order valence-electron chi connectivity index (χ2n) is 6.09. The smallest absolute Gasteiger partial charge is 0.434 e. The molecule has 3 heterocycles. The Morgan fingerprint density at radius 2 is 1.70 bits per heavy atom. The summed E-state index contributed by atoms with van der Waals surface area (Å²) in [6.07, 6.45) is -1.74. The number of hydrogen-bond donors (Lipinski definition) is 0. The molecule has 0 bridgehead atoms. The monoisotopic (exact) mass is 419 g/mol. The Labute approximate surface area is 166 Å². The van der Waals surface area contributed by atoms with Gasteiger partial charge >= 0.3 is 6.18 Å². The zero-order chi connectivity index (χ0) is 21.5. The van der Waals surface area contributed by atoms with E-state index in [4.69, 9.17) is 9.57 Å². The van der Waals surface area contributed by atoms with Crippen molar-refractivity contribution < 1.29 is 32.3 Å². The van der Waals surface area contributed by atoms with E-state index < -0.39 is 23.7 Å². The van der Waals surface area contributed by atoms with Gasteiger partial charge in [-0.1, -0.05) is 12.1 Å². The molecule has 0 saturated carbocycles. The molecule has 0 spiro atoms. The topological polar surface area (TPSA) is 99.4 Å². The van der Waals surface area contributed by atoms with Crippen molar-refractivity contribution in [1.29, 1.82) is 0 Å². The number of alkyl halides is 3. The summed E-state index contributed by atoms with van der Waals surface area (Å²) in [5, 5.41) is 4.69. The minimum absolute atomic E-state index is 0.00767. The van der Waals surface area contributed by atoms with E-state index in [1.807, 2.05) is 0 Å². The third-order valence-electron chi connectivity index (χ3n) is 4.21. The van der Waals surface area contributed by atoms with Crippen LogP contribution in [0.3, 0.4) is 0 Å². The number of carbonyl (C=O) groups excluding carboxylic acids is 2. The highest BCUT2D eigenvalue weighted by Gasteiger charge is 2.37. The normalized spacial score (nSPS) is 13.7. The molecule has 0 radical (unpaired) electrons. The van der Waals surface area contributed by atoms with Crippen molar-refractivity contribution in [2.45, 2.75) is 12.8 Å². The maximum Gasteiger partial charge on any atom is 0.434 e. The van der Waals surface area contributed by atoms with Crippen LogP contribution in [0.15, 0.2) is 42.9 Å². The fourth-order valence-electron chi connectivity index (χ4n) is 2.79. The summed E-state index contributed by atoms with van der Waals surface area (Å²) in [5.74, 6) is -1.12. The number of ether oxygens (including phenoxy) is 1. The number of rotatable bonds is 5. The first-order valence-corrected chi connectivity index (χ1v) is 8.42. The largest absolute Gasteiger partial charge is 0.480 e. The van der Waals surface area contributed by atoms with Gasteiger partial charge in [0, 0.05) is 6.20 Å². The number of methoxy groups -OCH3 is 1. The average Bonchev–Trinajstić information content (AvgIpc) is 3.25. The standard InChI is InChI=1S/C18H12F3N5O4/c1-29-15-10(8-25(24-15)14-7-22-13(6-23-14)18(19,20)21)9-30-26-16(27)11-4-2-3-5-12(11)17(26)28/h2-8H,9H2,1H3. The Bertz CT molecular complexity index is 1090. The molecule has 0 fully saturated rings. The highest BCUT2D eigenvalue weighted by atomic mass is 19.4. The van der Waals surface area contributed by atoms with Gasteiger partial charge in [-0.25, -0.2) is 14.6 Å². The molecule has 4 rings (SSSR count). The van der Waals surface area contributed by atoms with Crippen LogP contribution in [0.4, 0.5) is 13.2 Å². The van der Waals surface area contributed by atoms with Gasteiger partial charge in [-0.05, 0) is 12.1 Å². The number of hydroxylamine groups is 2. The Kier molecular flexibility index (Phi) is 4.70. The molecule has 0 aliphatic carbocycles. The first-order chi connectivity index (χ1) is 14.3. The first kappa shape index (κ1) is 19.5. The number of halogens is 3. The van der Waals surface area contributed by atoms with Crippen molar-refractivity contribution in [3.63, 3.8) is 0 Å². The summed E-state index contributed by atoms with van der Waals surface area (Å²) >= 11 is 0. The summed E-state index contributed by atoms with van der Waals surface area (Å²) in [4.78, 5) is 37.1. The molecule has 2 aromatic heterocycles. The minimum Gasteiger partial charge on any atom is -0.480 e. The van der Waals surface area contributed by atoms with Crippen LogP contribution in [-0.4, -0.2) is 43.7 Å². The Balaban J connectivity index is 1.53. The molecule has 0 atom stereocenters. The molecule has 1 aliphatic heterocycles. The minimum atomic E-state index is -4.61. The van der Waals surface area contributed by atoms with Crippen molar-refractivity contribution in [3.8, 4) is 11.7 Å². The second kappa shape index (κ2) is 7.22. The summed E-state index contributed by atoms with van der Waals surface area (Å²) in [6.45, 7) is -0.261.